The first kappa shape index (κ1) is 42.0. The summed E-state index contributed by atoms with van der Waals surface area (Å²) in [5.74, 6) is -0.970. The Hall–Kier alpha value is -5.19. The van der Waals surface area contributed by atoms with Crippen molar-refractivity contribution in [2.45, 2.75) is 114 Å². The van der Waals surface area contributed by atoms with Crippen molar-refractivity contribution in [3.8, 4) is 23.1 Å². The molecule has 3 amide bonds. The van der Waals surface area contributed by atoms with Crippen LogP contribution in [0.4, 0.5) is 0 Å². The number of benzene rings is 1. The highest BCUT2D eigenvalue weighted by Gasteiger charge is 2.62. The molecule has 7 rings (SSSR count). The number of ketones is 1. The van der Waals surface area contributed by atoms with Gasteiger partial charge in [-0.2, -0.15) is 5.10 Å². The summed E-state index contributed by atoms with van der Waals surface area (Å²) in [6.07, 6.45) is 8.78. The van der Waals surface area contributed by atoms with Crippen LogP contribution in [0.2, 0.25) is 0 Å². The Bertz CT molecular complexity index is 2270. The number of carbonyl (C=O) groups excluding carboxylic acids is 4. The number of aryl methyl sites for hydroxylation is 1. The van der Waals surface area contributed by atoms with Gasteiger partial charge in [0.25, 0.3) is 5.91 Å². The summed E-state index contributed by atoms with van der Waals surface area (Å²) < 4.78 is 53.3. The van der Waals surface area contributed by atoms with Crippen molar-refractivity contribution in [3.05, 3.63) is 48.3 Å². The molecule has 3 aromatic rings. The number of nitrogens with one attached hydrogen (secondary N) is 2. The predicted molar refractivity (Wildman–Crippen MR) is 217 cm³/mol. The van der Waals surface area contributed by atoms with Gasteiger partial charge in [0.2, 0.25) is 27.7 Å². The van der Waals surface area contributed by atoms with Crippen LogP contribution in [0, 0.1) is 11.3 Å². The highest BCUT2D eigenvalue weighted by molar-refractivity contribution is 7.91. The molecular formula is C42H54N6O10S. The number of allylic oxidation sites excluding steroid dienone is 2. The summed E-state index contributed by atoms with van der Waals surface area (Å²) in [5.41, 5.74) is -0.727. The molecule has 4 aliphatic rings. The number of hydrogen-bond acceptors (Lipinski definition) is 12. The second kappa shape index (κ2) is 16.5. The van der Waals surface area contributed by atoms with Crippen molar-refractivity contribution in [2.24, 2.45) is 18.4 Å². The molecule has 3 fully saturated rings. The van der Waals surface area contributed by atoms with E-state index in [-0.39, 0.29) is 43.0 Å². The van der Waals surface area contributed by atoms with Gasteiger partial charge in [0.1, 0.15) is 29.1 Å². The number of fused-ring (bicyclic) bond motifs is 3. The van der Waals surface area contributed by atoms with Crippen LogP contribution in [0.5, 0.6) is 23.1 Å². The molecule has 59 heavy (non-hydrogen) atoms. The van der Waals surface area contributed by atoms with Crippen LogP contribution in [-0.2, 0) is 31.5 Å². The van der Waals surface area contributed by atoms with Crippen molar-refractivity contribution in [1.29, 1.82) is 0 Å². The zero-order chi connectivity index (χ0) is 42.3. The number of sulfonamides is 1. The molecule has 4 heterocycles. The molecule has 2 saturated carbocycles. The molecule has 0 bridgehead atoms. The molecule has 0 radical (unpaired) electrons. The lowest BCUT2D eigenvalue weighted by Gasteiger charge is -2.29. The van der Waals surface area contributed by atoms with E-state index in [0.29, 0.717) is 66.7 Å². The average Bonchev–Trinajstić information content (AvgIpc) is 3.99. The van der Waals surface area contributed by atoms with Crippen molar-refractivity contribution in [2.75, 3.05) is 20.8 Å². The smallest absolute Gasteiger partial charge is 0.272 e. The third-order valence-electron chi connectivity index (χ3n) is 12.0. The highest BCUT2D eigenvalue weighted by atomic mass is 32.2. The van der Waals surface area contributed by atoms with E-state index < -0.39 is 61.9 Å². The Morgan fingerprint density at radius 3 is 2.49 bits per heavy atom. The number of Topliss-reactive ketones (excluding diaryl/α,β-unsaturated/α-hetero) is 1. The number of methoxy groups -OCH3 is 2. The second-order valence-electron chi connectivity index (χ2n) is 16.8. The van der Waals surface area contributed by atoms with Crippen LogP contribution < -0.4 is 29.0 Å². The largest absolute Gasteiger partial charge is 0.493 e. The van der Waals surface area contributed by atoms with E-state index in [0.717, 1.165) is 12.8 Å². The van der Waals surface area contributed by atoms with Crippen LogP contribution in [0.15, 0.2) is 42.6 Å². The van der Waals surface area contributed by atoms with Crippen molar-refractivity contribution in [3.63, 3.8) is 0 Å². The van der Waals surface area contributed by atoms with Gasteiger partial charge in [-0.05, 0) is 83.4 Å². The lowest BCUT2D eigenvalue weighted by Crippen LogP contribution is -2.52. The average molecular weight is 835 g/mol. The minimum Gasteiger partial charge on any atom is -0.493 e. The van der Waals surface area contributed by atoms with Gasteiger partial charge in [-0.1, -0.05) is 25.0 Å². The van der Waals surface area contributed by atoms with Gasteiger partial charge < -0.3 is 29.2 Å². The first-order chi connectivity index (χ1) is 28.1. The number of hydrogen-bond donors (Lipinski definition) is 2. The van der Waals surface area contributed by atoms with Gasteiger partial charge in [-0.25, -0.2) is 13.4 Å². The van der Waals surface area contributed by atoms with Crippen LogP contribution in [-0.4, -0.2) is 101 Å². The predicted octanol–water partition coefficient (Wildman–Crippen LogP) is 4.40. The van der Waals surface area contributed by atoms with Gasteiger partial charge in [0, 0.05) is 37.5 Å². The van der Waals surface area contributed by atoms with E-state index in [1.54, 1.807) is 44.4 Å². The monoisotopic (exact) mass is 834 g/mol. The van der Waals surface area contributed by atoms with Gasteiger partial charge in [0.05, 0.1) is 43.1 Å². The van der Waals surface area contributed by atoms with E-state index in [1.807, 2.05) is 26.0 Å². The van der Waals surface area contributed by atoms with E-state index in [9.17, 15) is 27.6 Å². The molecule has 16 nitrogen and oxygen atoms in total. The molecule has 17 heteroatoms. The maximum absolute atomic E-state index is 14.8. The molecule has 2 aliphatic carbocycles. The maximum Gasteiger partial charge on any atom is 0.272 e. The number of ether oxygens (including phenoxy) is 4. The fraction of sp³-hybridized carbons (Fsp3) is 0.571. The van der Waals surface area contributed by atoms with Crippen LogP contribution in [0.3, 0.4) is 0 Å². The maximum atomic E-state index is 14.8. The molecular weight excluding hydrogens is 781 g/mol. The first-order valence-electron chi connectivity index (χ1n) is 20.3. The second-order valence-corrected chi connectivity index (χ2v) is 19.0. The van der Waals surface area contributed by atoms with Gasteiger partial charge in [-0.15, -0.1) is 0 Å². The first-order valence-corrected chi connectivity index (χ1v) is 21.8. The third-order valence-corrected chi connectivity index (χ3v) is 14.2. The normalized spacial score (nSPS) is 26.2. The van der Waals surface area contributed by atoms with Crippen LogP contribution >= 0.6 is 0 Å². The Labute approximate surface area is 344 Å². The third kappa shape index (κ3) is 8.61. The van der Waals surface area contributed by atoms with Gasteiger partial charge >= 0.3 is 0 Å². The fourth-order valence-corrected chi connectivity index (χ4v) is 9.52. The van der Waals surface area contributed by atoms with Crippen LogP contribution in [0.1, 0.15) is 95.5 Å². The quantitative estimate of drug-likeness (QED) is 0.259. The summed E-state index contributed by atoms with van der Waals surface area (Å²) in [7, 11) is 0.744. The lowest BCUT2D eigenvalue weighted by atomic mass is 9.91. The molecule has 5 atom stereocenters. The van der Waals surface area contributed by atoms with Gasteiger partial charge in [-0.3, -0.25) is 28.6 Å². The number of nitrogens with zero attached hydrogens (tertiary/aromatic N) is 4. The Morgan fingerprint density at radius 2 is 1.81 bits per heavy atom. The number of carbonyl (C=O) groups is 4. The van der Waals surface area contributed by atoms with E-state index in [4.69, 9.17) is 23.9 Å². The van der Waals surface area contributed by atoms with E-state index >= 15 is 0 Å². The minimum atomic E-state index is -3.98. The highest BCUT2D eigenvalue weighted by Crippen LogP contribution is 2.57. The number of aromatic nitrogens is 3. The molecule has 0 unspecified atom stereocenters. The molecule has 318 valence electrons. The molecule has 2 N–H and O–H groups in total. The molecule has 1 aromatic carbocycles. The van der Waals surface area contributed by atoms with Gasteiger partial charge in [0.15, 0.2) is 17.3 Å². The fourth-order valence-electron chi connectivity index (χ4n) is 8.19. The van der Waals surface area contributed by atoms with E-state index in [1.165, 1.54) is 23.8 Å². The van der Waals surface area contributed by atoms with Crippen LogP contribution in [0.25, 0.3) is 10.9 Å². The minimum absolute atomic E-state index is 0.0159. The Kier molecular flexibility index (Phi) is 11.7. The summed E-state index contributed by atoms with van der Waals surface area (Å²) >= 11 is 0. The van der Waals surface area contributed by atoms with E-state index in [2.05, 4.69) is 15.1 Å². The van der Waals surface area contributed by atoms with Crippen molar-refractivity contribution in [1.82, 2.24) is 29.7 Å². The van der Waals surface area contributed by atoms with Crippen molar-refractivity contribution >= 4 is 44.4 Å². The topological polar surface area (TPSA) is 197 Å². The SMILES string of the molecule is COc1ccc2c(O[C@@H]3C[C@H]4C(=O)C[C@]5(C(=O)NS(=O)(=O)C6(C)CC6)C[C@H]5/C=C\CCCCC[C@H](NC(=O)c5ccn(C)n5)C(=O)N4C3)cc(OC(C)C)nc2c1OC. The summed E-state index contributed by atoms with van der Waals surface area (Å²) in [6.45, 7) is 5.32. The number of amides is 3. The Morgan fingerprint density at radius 1 is 1.03 bits per heavy atom. The zero-order valence-electron chi connectivity index (χ0n) is 34.5. The Balaban J connectivity index is 1.24. The van der Waals surface area contributed by atoms with Crippen molar-refractivity contribution < 1.29 is 46.5 Å². The standard InChI is InChI=1S/C42H54N6O10S/c1-25(2)57-35-21-34(28-14-15-33(55-5)37(56-6)36(28)44-35)58-27-20-31-32(49)23-42(40(52)46-59(53,54)41(3)17-18-41)22-26(42)12-10-8-7-9-11-13-30(39(51)48(31)24-27)43-38(50)29-16-19-47(4)45-29/h10,12,14-16,19,21,25-27,30-31H,7-9,11,13,17-18,20,22-24H2,1-6H3,(H,43,50)(H,46,52)/b12-10-/t26-,27-,30+,31+,42-/m1/s1. The summed E-state index contributed by atoms with van der Waals surface area (Å²) in [5, 5.41) is 7.68. The zero-order valence-corrected chi connectivity index (χ0v) is 35.3. The summed E-state index contributed by atoms with van der Waals surface area (Å²) in [4.78, 5) is 63.1. The number of rotatable bonds is 11. The molecule has 1 saturated heterocycles. The molecule has 0 spiro atoms. The summed E-state index contributed by atoms with van der Waals surface area (Å²) in [6, 6.07) is 4.70. The lowest BCUT2D eigenvalue weighted by molar-refractivity contribution is -0.140. The molecule has 2 aromatic heterocycles. The molecule has 2 aliphatic heterocycles. The number of pyridine rings is 1.